The van der Waals surface area contributed by atoms with Gasteiger partial charge < -0.3 is 24.2 Å². The molecule has 1 saturated heterocycles. The Morgan fingerprint density at radius 1 is 1.20 bits per heavy atom. The highest BCUT2D eigenvalue weighted by Crippen LogP contribution is 2.46. The summed E-state index contributed by atoms with van der Waals surface area (Å²) in [6.07, 6.45) is -0.361. The maximum atomic E-state index is 13.4. The van der Waals surface area contributed by atoms with Gasteiger partial charge in [-0.05, 0) is 52.3 Å². The minimum atomic E-state index is -3.02. The molecule has 2 aliphatic heterocycles. The van der Waals surface area contributed by atoms with Crippen LogP contribution in [0.2, 0.25) is 0 Å². The first-order valence-corrected chi connectivity index (χ1v) is 11.7. The monoisotopic (exact) mass is 490 g/mol. The zero-order valence-corrected chi connectivity index (χ0v) is 20.7. The lowest BCUT2D eigenvalue weighted by atomic mass is 9.92. The Hall–Kier alpha value is -3.07. The van der Waals surface area contributed by atoms with E-state index in [1.54, 1.807) is 36.9 Å². The standard InChI is InChI=1S/C26H32F2N2O5/c1-15-7-6-8-19(31)21(15)22-16(2)23-17(11-20(22)34-24(27)28)12-29-9-10-30(13-18(29)14-33-23)25(32)35-26(3,4)5/h6-8,11,18,24,31H,9-10,12-14H2,1-5H3/t18-/m1/s1. The SMILES string of the molecule is Cc1cccc(O)c1-c1c(OC(F)F)cc2c(c1C)OC[C@H]1CN(C(=O)OC(C)(C)C)CCN1C2. The molecule has 1 atom stereocenters. The molecule has 2 heterocycles. The third kappa shape index (κ3) is 5.29. The zero-order chi connectivity index (χ0) is 25.5. The van der Waals surface area contributed by atoms with Gasteiger partial charge in [0.05, 0.1) is 6.04 Å². The maximum absolute atomic E-state index is 13.4. The summed E-state index contributed by atoms with van der Waals surface area (Å²) < 4.78 is 43.5. The van der Waals surface area contributed by atoms with Crippen LogP contribution in [0.4, 0.5) is 13.6 Å². The number of hydrogen-bond donors (Lipinski definition) is 1. The predicted octanol–water partition coefficient (Wildman–Crippen LogP) is 5.09. The molecule has 190 valence electrons. The first-order valence-electron chi connectivity index (χ1n) is 11.7. The number of nitrogens with zero attached hydrogens (tertiary/aromatic N) is 2. The van der Waals surface area contributed by atoms with E-state index >= 15 is 0 Å². The molecule has 2 aromatic carbocycles. The minimum absolute atomic E-state index is 0.00436. The summed E-state index contributed by atoms with van der Waals surface area (Å²) in [5.74, 6) is 0.559. The average Bonchev–Trinajstić information content (AvgIpc) is 2.92. The molecule has 4 rings (SSSR count). The quantitative estimate of drug-likeness (QED) is 0.646. The normalized spacial score (nSPS) is 18.4. The smallest absolute Gasteiger partial charge is 0.410 e. The summed E-state index contributed by atoms with van der Waals surface area (Å²) in [5, 5.41) is 10.6. The summed E-state index contributed by atoms with van der Waals surface area (Å²) in [7, 11) is 0. The lowest BCUT2D eigenvalue weighted by Crippen LogP contribution is -2.56. The number of aryl methyl sites for hydroxylation is 1. The van der Waals surface area contributed by atoms with Crippen molar-refractivity contribution in [2.24, 2.45) is 0 Å². The van der Waals surface area contributed by atoms with Crippen molar-refractivity contribution >= 4 is 6.09 Å². The van der Waals surface area contributed by atoms with E-state index < -0.39 is 12.2 Å². The molecule has 1 N–H and O–H groups in total. The molecule has 0 spiro atoms. The first-order chi connectivity index (χ1) is 16.4. The second kappa shape index (κ2) is 9.53. The van der Waals surface area contributed by atoms with E-state index in [2.05, 4.69) is 4.90 Å². The van der Waals surface area contributed by atoms with Crippen LogP contribution in [-0.2, 0) is 11.3 Å². The highest BCUT2D eigenvalue weighted by Gasteiger charge is 2.36. The molecule has 2 aromatic rings. The predicted molar refractivity (Wildman–Crippen MR) is 127 cm³/mol. The number of carbonyl (C=O) groups is 1. The van der Waals surface area contributed by atoms with Crippen LogP contribution >= 0.6 is 0 Å². The highest BCUT2D eigenvalue weighted by atomic mass is 19.3. The van der Waals surface area contributed by atoms with Gasteiger partial charge in [0.15, 0.2) is 0 Å². The van der Waals surface area contributed by atoms with Crippen molar-refractivity contribution in [1.82, 2.24) is 9.80 Å². The third-order valence-electron chi connectivity index (χ3n) is 6.33. The van der Waals surface area contributed by atoms with Crippen molar-refractivity contribution in [3.8, 4) is 28.4 Å². The largest absolute Gasteiger partial charge is 0.507 e. The summed E-state index contributed by atoms with van der Waals surface area (Å²) in [6, 6.07) is 6.52. The molecule has 0 saturated carbocycles. The summed E-state index contributed by atoms with van der Waals surface area (Å²) in [4.78, 5) is 16.5. The van der Waals surface area contributed by atoms with E-state index in [0.717, 1.165) is 11.1 Å². The van der Waals surface area contributed by atoms with Crippen molar-refractivity contribution < 1.29 is 32.9 Å². The summed E-state index contributed by atoms with van der Waals surface area (Å²) >= 11 is 0. The molecule has 7 nitrogen and oxygen atoms in total. The van der Waals surface area contributed by atoms with Gasteiger partial charge in [0.2, 0.25) is 0 Å². The van der Waals surface area contributed by atoms with Crippen LogP contribution in [0.5, 0.6) is 17.2 Å². The van der Waals surface area contributed by atoms with Crippen molar-refractivity contribution in [3.63, 3.8) is 0 Å². The second-order valence-electron chi connectivity index (χ2n) is 10.1. The van der Waals surface area contributed by atoms with Gasteiger partial charge in [-0.1, -0.05) is 12.1 Å². The number of amides is 1. The number of carbonyl (C=O) groups excluding carboxylic acids is 1. The Kier molecular flexibility index (Phi) is 6.81. The van der Waals surface area contributed by atoms with E-state index in [9.17, 15) is 18.7 Å². The molecule has 35 heavy (non-hydrogen) atoms. The van der Waals surface area contributed by atoms with Gasteiger partial charge in [-0.2, -0.15) is 8.78 Å². The molecule has 0 aliphatic carbocycles. The molecule has 2 aliphatic rings. The van der Waals surface area contributed by atoms with E-state index in [1.165, 1.54) is 6.07 Å². The van der Waals surface area contributed by atoms with Crippen LogP contribution in [0.25, 0.3) is 11.1 Å². The molecule has 0 bridgehead atoms. The van der Waals surface area contributed by atoms with Crippen molar-refractivity contribution in [2.45, 2.75) is 59.4 Å². The fraction of sp³-hybridized carbons (Fsp3) is 0.500. The van der Waals surface area contributed by atoms with Crippen LogP contribution in [0.15, 0.2) is 24.3 Å². The van der Waals surface area contributed by atoms with Crippen LogP contribution in [0, 0.1) is 13.8 Å². The molecule has 1 fully saturated rings. The fourth-order valence-electron chi connectivity index (χ4n) is 4.78. The second-order valence-corrected chi connectivity index (χ2v) is 10.1. The molecular formula is C26H32F2N2O5. The Bertz CT molecular complexity index is 1100. The van der Waals surface area contributed by atoms with E-state index in [-0.39, 0.29) is 23.6 Å². The van der Waals surface area contributed by atoms with Gasteiger partial charge in [-0.3, -0.25) is 4.90 Å². The van der Waals surface area contributed by atoms with Crippen LogP contribution < -0.4 is 9.47 Å². The van der Waals surface area contributed by atoms with Gasteiger partial charge in [0.1, 0.15) is 29.5 Å². The topological polar surface area (TPSA) is 71.5 Å². The number of alkyl halides is 2. The van der Waals surface area contributed by atoms with E-state index in [1.807, 2.05) is 20.8 Å². The number of phenols is 1. The zero-order valence-electron chi connectivity index (χ0n) is 20.7. The average molecular weight is 491 g/mol. The molecule has 0 aromatic heterocycles. The van der Waals surface area contributed by atoms with E-state index in [0.29, 0.717) is 55.2 Å². The number of hydrogen-bond acceptors (Lipinski definition) is 6. The number of fused-ring (bicyclic) bond motifs is 2. The van der Waals surface area contributed by atoms with Crippen molar-refractivity contribution in [1.29, 1.82) is 0 Å². The number of halogens is 2. The number of ether oxygens (including phenoxy) is 3. The van der Waals surface area contributed by atoms with Crippen LogP contribution in [-0.4, -0.2) is 65.5 Å². The molecule has 9 heteroatoms. The van der Waals surface area contributed by atoms with Gasteiger partial charge in [-0.25, -0.2) is 4.79 Å². The van der Waals surface area contributed by atoms with Gasteiger partial charge in [0.25, 0.3) is 0 Å². The highest BCUT2D eigenvalue weighted by molar-refractivity contribution is 5.83. The number of phenolic OH excluding ortho intramolecular Hbond substituents is 1. The lowest BCUT2D eigenvalue weighted by molar-refractivity contribution is -0.0495. The Labute approximate surface area is 204 Å². The number of aromatic hydroxyl groups is 1. The minimum Gasteiger partial charge on any atom is -0.507 e. The third-order valence-corrected chi connectivity index (χ3v) is 6.33. The van der Waals surface area contributed by atoms with Crippen LogP contribution in [0.3, 0.4) is 0 Å². The van der Waals surface area contributed by atoms with Gasteiger partial charge >= 0.3 is 12.7 Å². The summed E-state index contributed by atoms with van der Waals surface area (Å²) in [6.45, 7) is 8.38. The van der Waals surface area contributed by atoms with Gasteiger partial charge in [-0.15, -0.1) is 0 Å². The van der Waals surface area contributed by atoms with E-state index in [4.69, 9.17) is 14.2 Å². The molecular weight excluding hydrogens is 458 g/mol. The number of benzene rings is 2. The summed E-state index contributed by atoms with van der Waals surface area (Å²) in [5.41, 5.74) is 2.31. The fourth-order valence-corrected chi connectivity index (χ4v) is 4.78. The number of piperazine rings is 1. The maximum Gasteiger partial charge on any atom is 0.410 e. The molecule has 0 radical (unpaired) electrons. The van der Waals surface area contributed by atoms with Crippen LogP contribution in [0.1, 0.15) is 37.5 Å². The molecule has 1 amide bonds. The lowest BCUT2D eigenvalue weighted by Gasteiger charge is -2.40. The van der Waals surface area contributed by atoms with Gasteiger partial charge in [0, 0.05) is 48.4 Å². The first kappa shape index (κ1) is 25.0. The van der Waals surface area contributed by atoms with Crippen molar-refractivity contribution in [2.75, 3.05) is 26.2 Å². The van der Waals surface area contributed by atoms with Crippen molar-refractivity contribution in [3.05, 3.63) is 41.0 Å². The Morgan fingerprint density at radius 3 is 2.60 bits per heavy atom. The Morgan fingerprint density at radius 2 is 1.94 bits per heavy atom. The molecule has 0 unspecified atom stereocenters. The number of rotatable bonds is 3. The Balaban J connectivity index is 1.68.